The third-order valence-corrected chi connectivity index (χ3v) is 4.30. The van der Waals surface area contributed by atoms with Crippen molar-refractivity contribution < 1.29 is 4.79 Å². The van der Waals surface area contributed by atoms with Crippen molar-refractivity contribution in [1.82, 2.24) is 4.90 Å². The van der Waals surface area contributed by atoms with Gasteiger partial charge < -0.3 is 4.90 Å². The Labute approximate surface area is 93.0 Å². The van der Waals surface area contributed by atoms with Crippen molar-refractivity contribution in [3.05, 3.63) is 0 Å². The number of likely N-dealkylation sites (tertiary alicyclic amines) is 1. The van der Waals surface area contributed by atoms with Crippen LogP contribution in [0.25, 0.3) is 0 Å². The Balaban J connectivity index is 2.13. The molecule has 86 valence electrons. The average Bonchev–Trinajstić information content (AvgIpc) is 2.71. The van der Waals surface area contributed by atoms with Crippen LogP contribution in [0, 0.1) is 17.8 Å². The first-order valence-electron chi connectivity index (χ1n) is 6.40. The van der Waals surface area contributed by atoms with Gasteiger partial charge in [0.05, 0.1) is 0 Å². The maximum Gasteiger partial charge on any atom is 0.222 e. The van der Waals surface area contributed by atoms with Gasteiger partial charge in [-0.3, -0.25) is 4.79 Å². The zero-order valence-electron chi connectivity index (χ0n) is 10.2. The van der Waals surface area contributed by atoms with Gasteiger partial charge in [0.15, 0.2) is 0 Å². The lowest BCUT2D eigenvalue weighted by Gasteiger charge is -2.34. The lowest BCUT2D eigenvalue weighted by Crippen LogP contribution is -2.43. The van der Waals surface area contributed by atoms with Gasteiger partial charge in [-0.05, 0) is 37.0 Å². The minimum Gasteiger partial charge on any atom is -0.339 e. The molecule has 1 saturated heterocycles. The van der Waals surface area contributed by atoms with Gasteiger partial charge in [0.1, 0.15) is 0 Å². The predicted octanol–water partition coefficient (Wildman–Crippen LogP) is 2.68. The second-order valence-electron chi connectivity index (χ2n) is 5.64. The summed E-state index contributed by atoms with van der Waals surface area (Å²) in [5, 5.41) is 0. The lowest BCUT2D eigenvalue weighted by atomic mass is 9.88. The summed E-state index contributed by atoms with van der Waals surface area (Å²) in [5.74, 6) is 2.56. The highest BCUT2D eigenvalue weighted by Gasteiger charge is 2.41. The third-order valence-electron chi connectivity index (χ3n) is 4.30. The van der Waals surface area contributed by atoms with Crippen LogP contribution in [-0.4, -0.2) is 23.4 Å². The van der Waals surface area contributed by atoms with Gasteiger partial charge in [0.25, 0.3) is 0 Å². The van der Waals surface area contributed by atoms with E-state index in [0.717, 1.165) is 25.3 Å². The number of rotatable bonds is 2. The maximum atomic E-state index is 11.8. The Morgan fingerprint density at radius 2 is 2.07 bits per heavy atom. The quantitative estimate of drug-likeness (QED) is 0.684. The molecule has 0 aromatic rings. The van der Waals surface area contributed by atoms with E-state index in [4.69, 9.17) is 0 Å². The molecule has 2 heteroatoms. The third kappa shape index (κ3) is 1.91. The fraction of sp³-hybridized carbons (Fsp3) is 0.923. The highest BCUT2D eigenvalue weighted by atomic mass is 16.2. The first-order valence-corrected chi connectivity index (χ1v) is 6.40. The largest absolute Gasteiger partial charge is 0.339 e. The van der Waals surface area contributed by atoms with Crippen molar-refractivity contribution >= 4 is 5.91 Å². The van der Waals surface area contributed by atoms with Gasteiger partial charge in [-0.1, -0.05) is 20.8 Å². The molecule has 1 aliphatic heterocycles. The second-order valence-corrected chi connectivity index (χ2v) is 5.64. The number of hydrogen-bond donors (Lipinski definition) is 0. The predicted molar refractivity (Wildman–Crippen MR) is 61.5 cm³/mol. The molecule has 0 N–H and O–H groups in total. The second kappa shape index (κ2) is 4.15. The molecule has 2 nitrogen and oxygen atoms in total. The topological polar surface area (TPSA) is 20.3 Å². The van der Waals surface area contributed by atoms with Crippen molar-refractivity contribution in [3.8, 4) is 0 Å². The van der Waals surface area contributed by atoms with Gasteiger partial charge in [-0.2, -0.15) is 0 Å². The molecule has 1 aliphatic carbocycles. The SMILES string of the molecule is CC(C)[C@@H]1CC[C@@H](C)[C@H]1N1CCCC1=O. The van der Waals surface area contributed by atoms with E-state index in [1.165, 1.54) is 12.8 Å². The molecule has 2 fully saturated rings. The Morgan fingerprint density at radius 1 is 1.33 bits per heavy atom. The van der Waals surface area contributed by atoms with Crippen LogP contribution in [0.4, 0.5) is 0 Å². The van der Waals surface area contributed by atoms with Crippen molar-refractivity contribution in [2.75, 3.05) is 6.54 Å². The maximum absolute atomic E-state index is 11.8. The van der Waals surface area contributed by atoms with Crippen LogP contribution in [0.15, 0.2) is 0 Å². The van der Waals surface area contributed by atoms with Gasteiger partial charge in [0, 0.05) is 19.0 Å². The van der Waals surface area contributed by atoms with Crippen LogP contribution < -0.4 is 0 Å². The monoisotopic (exact) mass is 209 g/mol. The molecule has 15 heavy (non-hydrogen) atoms. The van der Waals surface area contributed by atoms with Crippen molar-refractivity contribution in [1.29, 1.82) is 0 Å². The smallest absolute Gasteiger partial charge is 0.222 e. The first-order chi connectivity index (χ1) is 7.11. The molecule has 3 atom stereocenters. The van der Waals surface area contributed by atoms with Crippen LogP contribution in [0.5, 0.6) is 0 Å². The van der Waals surface area contributed by atoms with Crippen LogP contribution in [0.2, 0.25) is 0 Å². The van der Waals surface area contributed by atoms with Gasteiger partial charge in [-0.15, -0.1) is 0 Å². The molecule has 0 radical (unpaired) electrons. The molecule has 0 aromatic carbocycles. The van der Waals surface area contributed by atoms with E-state index in [2.05, 4.69) is 25.7 Å². The van der Waals surface area contributed by atoms with E-state index < -0.39 is 0 Å². The van der Waals surface area contributed by atoms with E-state index in [-0.39, 0.29) is 0 Å². The van der Waals surface area contributed by atoms with Crippen molar-refractivity contribution in [3.63, 3.8) is 0 Å². The first kappa shape index (κ1) is 11.0. The zero-order chi connectivity index (χ0) is 11.0. The number of nitrogens with zero attached hydrogens (tertiary/aromatic N) is 1. The molecule has 0 aromatic heterocycles. The summed E-state index contributed by atoms with van der Waals surface area (Å²) in [4.78, 5) is 14.0. The zero-order valence-corrected chi connectivity index (χ0v) is 10.2. The summed E-state index contributed by atoms with van der Waals surface area (Å²) in [6.45, 7) is 7.93. The van der Waals surface area contributed by atoms with Crippen LogP contribution in [-0.2, 0) is 4.79 Å². The van der Waals surface area contributed by atoms with Crippen LogP contribution >= 0.6 is 0 Å². The molecule has 1 amide bonds. The van der Waals surface area contributed by atoms with E-state index >= 15 is 0 Å². The number of hydrogen-bond acceptors (Lipinski definition) is 1. The van der Waals surface area contributed by atoms with Gasteiger partial charge >= 0.3 is 0 Å². The van der Waals surface area contributed by atoms with E-state index in [1.54, 1.807) is 0 Å². The number of amides is 1. The van der Waals surface area contributed by atoms with Gasteiger partial charge in [0.2, 0.25) is 5.91 Å². The van der Waals surface area contributed by atoms with Crippen LogP contribution in [0.1, 0.15) is 46.5 Å². The molecular weight excluding hydrogens is 186 g/mol. The summed E-state index contributed by atoms with van der Waals surface area (Å²) in [6.07, 6.45) is 4.48. The van der Waals surface area contributed by atoms with Gasteiger partial charge in [-0.25, -0.2) is 0 Å². The molecular formula is C13H23NO. The fourth-order valence-corrected chi connectivity index (χ4v) is 3.47. The fourth-order valence-electron chi connectivity index (χ4n) is 3.47. The molecule has 0 unspecified atom stereocenters. The number of carbonyl (C=O) groups excluding carboxylic acids is 1. The highest BCUT2D eigenvalue weighted by Crippen LogP contribution is 2.40. The lowest BCUT2D eigenvalue weighted by molar-refractivity contribution is -0.131. The Morgan fingerprint density at radius 3 is 2.60 bits per heavy atom. The summed E-state index contributed by atoms with van der Waals surface area (Å²) in [6, 6.07) is 0.542. The Kier molecular flexibility index (Phi) is 3.03. The molecule has 0 spiro atoms. The molecule has 2 aliphatic rings. The Bertz CT molecular complexity index is 249. The molecule has 1 heterocycles. The number of carbonyl (C=O) groups is 1. The molecule has 1 saturated carbocycles. The average molecular weight is 209 g/mol. The molecule has 0 bridgehead atoms. The highest BCUT2D eigenvalue weighted by molar-refractivity contribution is 5.78. The summed E-state index contributed by atoms with van der Waals surface area (Å²) in [5.41, 5.74) is 0. The standard InChI is InChI=1S/C13H23NO/c1-9(2)11-7-6-10(3)13(11)14-8-4-5-12(14)15/h9-11,13H,4-8H2,1-3H3/t10-,11+,13-/m1/s1. The van der Waals surface area contributed by atoms with Crippen LogP contribution in [0.3, 0.4) is 0 Å². The minimum absolute atomic E-state index is 0.402. The Hall–Kier alpha value is -0.530. The van der Waals surface area contributed by atoms with Crippen molar-refractivity contribution in [2.45, 2.75) is 52.5 Å². The minimum atomic E-state index is 0.402. The molecule has 2 rings (SSSR count). The van der Waals surface area contributed by atoms with E-state index in [9.17, 15) is 4.79 Å². The summed E-state index contributed by atoms with van der Waals surface area (Å²) >= 11 is 0. The van der Waals surface area contributed by atoms with E-state index in [0.29, 0.717) is 23.8 Å². The van der Waals surface area contributed by atoms with Crippen molar-refractivity contribution in [2.24, 2.45) is 17.8 Å². The summed E-state index contributed by atoms with van der Waals surface area (Å²) < 4.78 is 0. The van der Waals surface area contributed by atoms with E-state index in [1.807, 2.05) is 0 Å². The normalized spacial score (nSPS) is 36.9. The summed E-state index contributed by atoms with van der Waals surface area (Å²) in [7, 11) is 0.